The number of rotatable bonds is 6. The summed E-state index contributed by atoms with van der Waals surface area (Å²) in [5.74, 6) is 0.363. The first kappa shape index (κ1) is 17.5. The van der Waals surface area contributed by atoms with Crippen LogP contribution in [0.15, 0.2) is 59.6 Å². The summed E-state index contributed by atoms with van der Waals surface area (Å²) in [6, 6.07) is 18.2. The molecule has 0 fully saturated rings. The Morgan fingerprint density at radius 2 is 1.68 bits per heavy atom. The van der Waals surface area contributed by atoms with Crippen LogP contribution in [-0.2, 0) is 17.6 Å². The maximum absolute atomic E-state index is 12.4. The SMILES string of the molecule is CCc1cccc(CC)c1NC(=O)CSc1ccc2ccccc2n1. The Labute approximate surface area is 152 Å². The van der Waals surface area contributed by atoms with Crippen LogP contribution < -0.4 is 5.32 Å². The molecule has 1 N–H and O–H groups in total. The van der Waals surface area contributed by atoms with E-state index in [1.165, 1.54) is 22.9 Å². The van der Waals surface area contributed by atoms with Gasteiger partial charge in [-0.15, -0.1) is 0 Å². The van der Waals surface area contributed by atoms with Gasteiger partial charge in [0, 0.05) is 11.1 Å². The number of carbonyl (C=O) groups excluding carboxylic acids is 1. The molecule has 0 spiro atoms. The van der Waals surface area contributed by atoms with Crippen LogP contribution in [0.2, 0.25) is 0 Å². The molecule has 0 aliphatic rings. The summed E-state index contributed by atoms with van der Waals surface area (Å²) in [7, 11) is 0. The summed E-state index contributed by atoms with van der Waals surface area (Å²) in [6.45, 7) is 4.22. The minimum atomic E-state index is 0.00978. The van der Waals surface area contributed by atoms with E-state index in [0.717, 1.165) is 34.5 Å². The number of aryl methyl sites for hydroxylation is 2. The molecule has 1 aromatic heterocycles. The molecule has 0 atom stereocenters. The number of aromatic nitrogens is 1. The summed E-state index contributed by atoms with van der Waals surface area (Å²) in [4.78, 5) is 17.0. The van der Waals surface area contributed by atoms with Crippen molar-refractivity contribution in [1.29, 1.82) is 0 Å². The first-order valence-electron chi connectivity index (χ1n) is 8.60. The van der Waals surface area contributed by atoms with Crippen molar-refractivity contribution >= 4 is 34.3 Å². The number of carbonyl (C=O) groups is 1. The first-order chi connectivity index (χ1) is 12.2. The van der Waals surface area contributed by atoms with E-state index in [9.17, 15) is 4.79 Å². The fraction of sp³-hybridized carbons (Fsp3) is 0.238. The zero-order valence-corrected chi connectivity index (χ0v) is 15.4. The second-order valence-electron chi connectivity index (χ2n) is 5.84. The molecule has 3 nitrogen and oxygen atoms in total. The normalized spacial score (nSPS) is 10.8. The van der Waals surface area contributed by atoms with Gasteiger partial charge < -0.3 is 5.32 Å². The number of thioether (sulfide) groups is 1. The van der Waals surface area contributed by atoms with Gasteiger partial charge in [0.1, 0.15) is 0 Å². The van der Waals surface area contributed by atoms with E-state index in [1.807, 2.05) is 36.4 Å². The maximum Gasteiger partial charge on any atom is 0.234 e. The van der Waals surface area contributed by atoms with Crippen molar-refractivity contribution in [2.24, 2.45) is 0 Å². The van der Waals surface area contributed by atoms with Crippen LogP contribution in [0.5, 0.6) is 0 Å². The summed E-state index contributed by atoms with van der Waals surface area (Å²) >= 11 is 1.47. The predicted molar refractivity (Wildman–Crippen MR) is 106 cm³/mol. The van der Waals surface area contributed by atoms with E-state index in [-0.39, 0.29) is 5.91 Å². The fourth-order valence-corrected chi connectivity index (χ4v) is 3.52. The highest BCUT2D eigenvalue weighted by Crippen LogP contribution is 2.24. The molecule has 0 aliphatic carbocycles. The monoisotopic (exact) mass is 350 g/mol. The number of anilines is 1. The second-order valence-corrected chi connectivity index (χ2v) is 6.83. The smallest absolute Gasteiger partial charge is 0.234 e. The zero-order valence-electron chi connectivity index (χ0n) is 14.6. The average Bonchev–Trinajstić information content (AvgIpc) is 2.66. The number of pyridine rings is 1. The molecule has 0 bridgehead atoms. The number of benzene rings is 2. The maximum atomic E-state index is 12.4. The summed E-state index contributed by atoms with van der Waals surface area (Å²) in [5.41, 5.74) is 4.30. The largest absolute Gasteiger partial charge is 0.325 e. The van der Waals surface area contributed by atoms with Crippen molar-refractivity contribution in [1.82, 2.24) is 4.98 Å². The van der Waals surface area contributed by atoms with Gasteiger partial charge in [-0.1, -0.05) is 68.1 Å². The molecule has 3 rings (SSSR count). The molecule has 2 aromatic carbocycles. The Bertz CT molecular complexity index is 870. The van der Waals surface area contributed by atoms with Crippen LogP contribution in [0, 0.1) is 0 Å². The van der Waals surface area contributed by atoms with Gasteiger partial charge in [0.05, 0.1) is 16.3 Å². The van der Waals surface area contributed by atoms with Crippen LogP contribution in [0.4, 0.5) is 5.69 Å². The van der Waals surface area contributed by atoms with Crippen LogP contribution in [0.25, 0.3) is 10.9 Å². The summed E-state index contributed by atoms with van der Waals surface area (Å²) in [6.07, 6.45) is 1.81. The molecule has 1 heterocycles. The molecule has 0 unspecified atom stereocenters. The Morgan fingerprint density at radius 3 is 2.40 bits per heavy atom. The lowest BCUT2D eigenvalue weighted by Crippen LogP contribution is -2.16. The third kappa shape index (κ3) is 4.20. The number of nitrogens with one attached hydrogen (secondary N) is 1. The molecule has 1 amide bonds. The third-order valence-corrected chi connectivity index (χ3v) is 5.12. The fourth-order valence-electron chi connectivity index (χ4n) is 2.85. The van der Waals surface area contributed by atoms with Gasteiger partial charge >= 0.3 is 0 Å². The van der Waals surface area contributed by atoms with E-state index in [2.05, 4.69) is 42.3 Å². The lowest BCUT2D eigenvalue weighted by atomic mass is 10.0. The Morgan fingerprint density at radius 1 is 0.960 bits per heavy atom. The molecule has 0 saturated carbocycles. The van der Waals surface area contributed by atoms with E-state index in [4.69, 9.17) is 0 Å². The average molecular weight is 350 g/mol. The quantitative estimate of drug-likeness (QED) is 0.630. The third-order valence-electron chi connectivity index (χ3n) is 4.19. The molecule has 3 aromatic rings. The molecule has 0 radical (unpaired) electrons. The Balaban J connectivity index is 1.68. The zero-order chi connectivity index (χ0) is 17.6. The highest BCUT2D eigenvalue weighted by Gasteiger charge is 2.11. The van der Waals surface area contributed by atoms with Gasteiger partial charge in [0.15, 0.2) is 0 Å². The number of amides is 1. The minimum absolute atomic E-state index is 0.00978. The predicted octanol–water partition coefficient (Wildman–Crippen LogP) is 5.09. The second kappa shape index (κ2) is 8.17. The van der Waals surface area contributed by atoms with Crippen LogP contribution in [-0.4, -0.2) is 16.6 Å². The number of hydrogen-bond donors (Lipinski definition) is 1. The van der Waals surface area contributed by atoms with Crippen molar-refractivity contribution in [3.63, 3.8) is 0 Å². The topological polar surface area (TPSA) is 42.0 Å². The van der Waals surface area contributed by atoms with Crippen LogP contribution in [0.3, 0.4) is 0 Å². The number of fused-ring (bicyclic) bond motifs is 1. The van der Waals surface area contributed by atoms with Gasteiger partial charge in [-0.25, -0.2) is 4.98 Å². The summed E-state index contributed by atoms with van der Waals surface area (Å²) < 4.78 is 0. The molecule has 4 heteroatoms. The number of nitrogens with zero attached hydrogens (tertiary/aromatic N) is 1. The van der Waals surface area contributed by atoms with Crippen molar-refractivity contribution in [3.05, 3.63) is 65.7 Å². The first-order valence-corrected chi connectivity index (χ1v) is 9.59. The molecule has 128 valence electrons. The lowest BCUT2D eigenvalue weighted by Gasteiger charge is -2.14. The highest BCUT2D eigenvalue weighted by atomic mass is 32.2. The van der Waals surface area contributed by atoms with Crippen molar-refractivity contribution in [3.8, 4) is 0 Å². The molecular formula is C21H22N2OS. The van der Waals surface area contributed by atoms with Crippen molar-refractivity contribution < 1.29 is 4.79 Å². The van der Waals surface area contributed by atoms with Gasteiger partial charge in [-0.2, -0.15) is 0 Å². The van der Waals surface area contributed by atoms with E-state index < -0.39 is 0 Å². The van der Waals surface area contributed by atoms with E-state index in [0.29, 0.717) is 5.75 Å². The Hall–Kier alpha value is -2.33. The highest BCUT2D eigenvalue weighted by molar-refractivity contribution is 7.99. The van der Waals surface area contributed by atoms with Gasteiger partial charge in [-0.05, 0) is 36.1 Å². The van der Waals surface area contributed by atoms with Crippen LogP contribution in [0.1, 0.15) is 25.0 Å². The molecule has 0 aliphatic heterocycles. The molecule has 0 saturated heterocycles. The van der Waals surface area contributed by atoms with E-state index >= 15 is 0 Å². The van der Waals surface area contributed by atoms with Crippen LogP contribution >= 0.6 is 11.8 Å². The number of hydrogen-bond acceptors (Lipinski definition) is 3. The Kier molecular flexibility index (Phi) is 5.71. The summed E-state index contributed by atoms with van der Waals surface area (Å²) in [5, 5.41) is 5.08. The van der Waals surface area contributed by atoms with Crippen molar-refractivity contribution in [2.45, 2.75) is 31.7 Å². The van der Waals surface area contributed by atoms with Gasteiger partial charge in [0.2, 0.25) is 5.91 Å². The van der Waals surface area contributed by atoms with Gasteiger partial charge in [0.25, 0.3) is 0 Å². The van der Waals surface area contributed by atoms with Gasteiger partial charge in [-0.3, -0.25) is 4.79 Å². The molecule has 25 heavy (non-hydrogen) atoms. The van der Waals surface area contributed by atoms with Crippen molar-refractivity contribution in [2.75, 3.05) is 11.1 Å². The van der Waals surface area contributed by atoms with E-state index in [1.54, 1.807) is 0 Å². The standard InChI is InChI=1S/C21H22N2OS/c1-3-15-9-7-10-16(4-2)21(15)23-19(24)14-25-20-13-12-17-8-5-6-11-18(17)22-20/h5-13H,3-4,14H2,1-2H3,(H,23,24). The lowest BCUT2D eigenvalue weighted by molar-refractivity contribution is -0.113. The number of para-hydroxylation sites is 2. The minimum Gasteiger partial charge on any atom is -0.325 e. The molecular weight excluding hydrogens is 328 g/mol.